The lowest BCUT2D eigenvalue weighted by atomic mass is 10.2. The summed E-state index contributed by atoms with van der Waals surface area (Å²) in [5, 5.41) is 0. The van der Waals surface area contributed by atoms with E-state index in [2.05, 4.69) is 52.6 Å². The SMILES string of the molecule is CN1CCCN(C(=O)c2ccc3ccc(N(C)c4ccccc4)n3c2)CC1. The van der Waals surface area contributed by atoms with Crippen LogP contribution >= 0.6 is 0 Å². The quantitative estimate of drug-likeness (QED) is 0.715. The number of pyridine rings is 1. The fraction of sp³-hybridized carbons (Fsp3) is 0.318. The summed E-state index contributed by atoms with van der Waals surface area (Å²) in [6, 6.07) is 18.4. The van der Waals surface area contributed by atoms with Crippen molar-refractivity contribution in [3.8, 4) is 0 Å². The highest BCUT2D eigenvalue weighted by molar-refractivity contribution is 5.94. The van der Waals surface area contributed by atoms with Crippen molar-refractivity contribution in [1.29, 1.82) is 0 Å². The summed E-state index contributed by atoms with van der Waals surface area (Å²) in [4.78, 5) is 19.5. The number of para-hydroxylation sites is 1. The highest BCUT2D eigenvalue weighted by Crippen LogP contribution is 2.26. The third kappa shape index (κ3) is 3.55. The van der Waals surface area contributed by atoms with E-state index < -0.39 is 0 Å². The first-order chi connectivity index (χ1) is 13.1. The van der Waals surface area contributed by atoms with Gasteiger partial charge in [-0.05, 0) is 56.4 Å². The largest absolute Gasteiger partial charge is 0.337 e. The highest BCUT2D eigenvalue weighted by Gasteiger charge is 2.20. The van der Waals surface area contributed by atoms with Gasteiger partial charge in [0.25, 0.3) is 5.91 Å². The van der Waals surface area contributed by atoms with Crippen LogP contribution in [-0.4, -0.2) is 60.4 Å². The maximum Gasteiger partial charge on any atom is 0.255 e. The zero-order chi connectivity index (χ0) is 18.8. The molecule has 0 aliphatic carbocycles. The van der Waals surface area contributed by atoms with Gasteiger partial charge in [0.2, 0.25) is 0 Å². The topological polar surface area (TPSA) is 31.2 Å². The molecule has 1 saturated heterocycles. The summed E-state index contributed by atoms with van der Waals surface area (Å²) in [7, 11) is 4.17. The van der Waals surface area contributed by atoms with E-state index in [-0.39, 0.29) is 5.91 Å². The van der Waals surface area contributed by atoms with Crippen LogP contribution in [0, 0.1) is 0 Å². The first-order valence-electron chi connectivity index (χ1n) is 9.51. The van der Waals surface area contributed by atoms with Crippen LogP contribution in [0.25, 0.3) is 5.52 Å². The van der Waals surface area contributed by atoms with Crippen LogP contribution in [0.5, 0.6) is 0 Å². The van der Waals surface area contributed by atoms with Gasteiger partial charge in [-0.2, -0.15) is 0 Å². The molecule has 0 N–H and O–H groups in total. The van der Waals surface area contributed by atoms with E-state index in [1.165, 1.54) is 0 Å². The first kappa shape index (κ1) is 17.6. The lowest BCUT2D eigenvalue weighted by Gasteiger charge is -2.22. The van der Waals surface area contributed by atoms with E-state index in [1.807, 2.05) is 41.4 Å². The number of carbonyl (C=O) groups excluding carboxylic acids is 1. The number of nitrogens with zero attached hydrogens (tertiary/aromatic N) is 4. The summed E-state index contributed by atoms with van der Waals surface area (Å²) in [5.74, 6) is 1.16. The van der Waals surface area contributed by atoms with Crippen LogP contribution in [0.15, 0.2) is 60.8 Å². The normalized spacial score (nSPS) is 15.7. The third-order valence-corrected chi connectivity index (χ3v) is 5.37. The number of benzene rings is 1. The molecule has 1 aliphatic rings. The zero-order valence-corrected chi connectivity index (χ0v) is 16.0. The minimum Gasteiger partial charge on any atom is -0.337 e. The lowest BCUT2D eigenvalue weighted by Crippen LogP contribution is -2.34. The molecule has 0 spiro atoms. The first-order valence-corrected chi connectivity index (χ1v) is 9.51. The zero-order valence-electron chi connectivity index (χ0n) is 16.0. The summed E-state index contributed by atoms with van der Waals surface area (Å²) >= 11 is 0. The fourth-order valence-corrected chi connectivity index (χ4v) is 3.70. The Labute approximate surface area is 160 Å². The van der Waals surface area contributed by atoms with Crippen LogP contribution in [0.1, 0.15) is 16.8 Å². The summed E-state index contributed by atoms with van der Waals surface area (Å²) in [6.45, 7) is 3.59. The molecule has 1 fully saturated rings. The van der Waals surface area contributed by atoms with E-state index in [0.29, 0.717) is 0 Å². The fourth-order valence-electron chi connectivity index (χ4n) is 3.70. The van der Waals surface area contributed by atoms with E-state index in [9.17, 15) is 4.79 Å². The van der Waals surface area contributed by atoms with E-state index in [1.54, 1.807) is 0 Å². The molecule has 0 unspecified atom stereocenters. The van der Waals surface area contributed by atoms with Crippen molar-refractivity contribution in [3.63, 3.8) is 0 Å². The lowest BCUT2D eigenvalue weighted by molar-refractivity contribution is 0.0762. The van der Waals surface area contributed by atoms with Crippen molar-refractivity contribution in [3.05, 3.63) is 66.4 Å². The molecule has 0 radical (unpaired) electrons. The number of carbonyl (C=O) groups is 1. The molecule has 1 aliphatic heterocycles. The Kier molecular flexibility index (Phi) is 4.86. The van der Waals surface area contributed by atoms with Gasteiger partial charge in [-0.25, -0.2) is 0 Å². The van der Waals surface area contributed by atoms with Gasteiger partial charge < -0.3 is 19.1 Å². The van der Waals surface area contributed by atoms with Gasteiger partial charge in [-0.3, -0.25) is 4.79 Å². The number of rotatable bonds is 3. The Balaban J connectivity index is 1.64. The molecule has 0 bridgehead atoms. The number of aromatic nitrogens is 1. The molecular weight excluding hydrogens is 336 g/mol. The summed E-state index contributed by atoms with van der Waals surface area (Å²) < 4.78 is 2.10. The molecule has 1 aromatic carbocycles. The van der Waals surface area contributed by atoms with Crippen LogP contribution in [-0.2, 0) is 0 Å². The van der Waals surface area contributed by atoms with Crippen molar-refractivity contribution in [1.82, 2.24) is 14.2 Å². The molecule has 27 heavy (non-hydrogen) atoms. The number of hydrogen-bond acceptors (Lipinski definition) is 3. The number of fused-ring (bicyclic) bond motifs is 1. The second kappa shape index (κ2) is 7.45. The molecular formula is C22H26N4O. The van der Waals surface area contributed by atoms with Gasteiger partial charge in [-0.1, -0.05) is 18.2 Å². The highest BCUT2D eigenvalue weighted by atomic mass is 16.2. The second-order valence-electron chi connectivity index (χ2n) is 7.25. The molecule has 2 aromatic heterocycles. The number of amides is 1. The molecule has 5 nitrogen and oxygen atoms in total. The monoisotopic (exact) mass is 362 g/mol. The maximum atomic E-state index is 13.1. The maximum absolute atomic E-state index is 13.1. The molecule has 1 amide bonds. The molecule has 0 saturated carbocycles. The standard InChI is InChI=1S/C22H26N4O/c1-23-13-6-14-25(16-15-23)22(27)18-9-10-20-11-12-21(26(20)17-18)24(2)19-7-4-3-5-8-19/h3-5,7-12,17H,6,13-16H2,1-2H3. The van der Waals surface area contributed by atoms with E-state index in [0.717, 1.165) is 55.2 Å². The summed E-state index contributed by atoms with van der Waals surface area (Å²) in [6.07, 6.45) is 3.00. The van der Waals surface area contributed by atoms with Crippen molar-refractivity contribution < 1.29 is 4.79 Å². The molecule has 5 heteroatoms. The predicted molar refractivity (Wildman–Crippen MR) is 110 cm³/mol. The van der Waals surface area contributed by atoms with E-state index in [4.69, 9.17) is 0 Å². The van der Waals surface area contributed by atoms with Crippen molar-refractivity contribution >= 4 is 22.9 Å². The third-order valence-electron chi connectivity index (χ3n) is 5.37. The number of hydrogen-bond donors (Lipinski definition) is 0. The Bertz CT molecular complexity index is 934. The Morgan fingerprint density at radius 3 is 2.52 bits per heavy atom. The van der Waals surface area contributed by atoms with E-state index >= 15 is 0 Å². The molecule has 3 aromatic rings. The van der Waals surface area contributed by atoms with Crippen LogP contribution in [0.4, 0.5) is 11.5 Å². The van der Waals surface area contributed by atoms with Gasteiger partial charge in [0, 0.05) is 44.1 Å². The average Bonchev–Trinajstić information content (AvgIpc) is 3.01. The van der Waals surface area contributed by atoms with Crippen molar-refractivity contribution in [2.75, 3.05) is 45.2 Å². The second-order valence-corrected chi connectivity index (χ2v) is 7.25. The Hall–Kier alpha value is -2.79. The van der Waals surface area contributed by atoms with Gasteiger partial charge in [0.15, 0.2) is 0 Å². The average molecular weight is 362 g/mol. The van der Waals surface area contributed by atoms with Gasteiger partial charge in [0.05, 0.1) is 5.56 Å². The van der Waals surface area contributed by atoms with Crippen molar-refractivity contribution in [2.24, 2.45) is 0 Å². The van der Waals surface area contributed by atoms with Crippen LogP contribution < -0.4 is 4.90 Å². The predicted octanol–water partition coefficient (Wildman–Crippen LogP) is 3.48. The summed E-state index contributed by atoms with van der Waals surface area (Å²) in [5.41, 5.74) is 2.94. The molecule has 140 valence electrons. The van der Waals surface area contributed by atoms with Crippen molar-refractivity contribution in [2.45, 2.75) is 6.42 Å². The number of likely N-dealkylation sites (N-methyl/N-ethyl adjacent to an activating group) is 1. The number of anilines is 2. The van der Waals surface area contributed by atoms with Crippen LogP contribution in [0.2, 0.25) is 0 Å². The minimum absolute atomic E-state index is 0.120. The van der Waals surface area contributed by atoms with Gasteiger partial charge >= 0.3 is 0 Å². The Morgan fingerprint density at radius 2 is 1.70 bits per heavy atom. The smallest absolute Gasteiger partial charge is 0.255 e. The molecule has 4 rings (SSSR count). The van der Waals surface area contributed by atoms with Crippen LogP contribution in [0.3, 0.4) is 0 Å². The van der Waals surface area contributed by atoms with Gasteiger partial charge in [-0.15, -0.1) is 0 Å². The molecule has 3 heterocycles. The molecule has 0 atom stereocenters. The minimum atomic E-state index is 0.120. The Morgan fingerprint density at radius 1 is 0.926 bits per heavy atom. The van der Waals surface area contributed by atoms with Gasteiger partial charge in [0.1, 0.15) is 5.82 Å².